The summed E-state index contributed by atoms with van der Waals surface area (Å²) in [6, 6.07) is 7.79. The Labute approximate surface area is 184 Å². The van der Waals surface area contributed by atoms with E-state index in [1.165, 1.54) is 0 Å². The number of nitriles is 1. The predicted molar refractivity (Wildman–Crippen MR) is 114 cm³/mol. The van der Waals surface area contributed by atoms with Crippen LogP contribution in [0.1, 0.15) is 32.1 Å². The highest BCUT2D eigenvalue weighted by Gasteiger charge is 2.25. The standard InChI is InChI=1S/C22H25FN6O3/c23-19-21(26-15-6-4-14(5-7-15)8-9-24)27-20(28-22(19)32-13-16(31)12-30)17-11-25-29-10-2-1-3-18(17)29/h1-3,10-11,14-16,30-31H,4-8,12-13H2,(H,26,27,28)/t14-,15-,16-/m0/s1. The molecule has 3 aromatic heterocycles. The van der Waals surface area contributed by atoms with Crippen molar-refractivity contribution in [2.45, 2.75) is 44.2 Å². The van der Waals surface area contributed by atoms with Crippen molar-refractivity contribution in [1.82, 2.24) is 19.6 Å². The van der Waals surface area contributed by atoms with E-state index in [-0.39, 0.29) is 30.2 Å². The first-order valence-corrected chi connectivity index (χ1v) is 10.6. The average molecular weight is 440 g/mol. The highest BCUT2D eigenvalue weighted by Crippen LogP contribution is 2.32. The van der Waals surface area contributed by atoms with Gasteiger partial charge in [0.1, 0.15) is 12.7 Å². The molecule has 0 unspecified atom stereocenters. The number of anilines is 1. The fourth-order valence-electron chi connectivity index (χ4n) is 3.91. The van der Waals surface area contributed by atoms with Gasteiger partial charge in [0.05, 0.1) is 30.0 Å². The maximum Gasteiger partial charge on any atom is 0.256 e. The van der Waals surface area contributed by atoms with Crippen LogP contribution >= 0.6 is 0 Å². The Balaban J connectivity index is 1.64. The van der Waals surface area contributed by atoms with E-state index in [0.717, 1.165) is 31.2 Å². The van der Waals surface area contributed by atoms with E-state index < -0.39 is 18.5 Å². The first kappa shape index (κ1) is 21.9. The zero-order chi connectivity index (χ0) is 22.5. The zero-order valence-electron chi connectivity index (χ0n) is 17.5. The van der Waals surface area contributed by atoms with Crippen LogP contribution in [-0.2, 0) is 0 Å². The van der Waals surface area contributed by atoms with Crippen molar-refractivity contribution >= 4 is 11.3 Å². The van der Waals surface area contributed by atoms with Gasteiger partial charge in [0.25, 0.3) is 5.88 Å². The summed E-state index contributed by atoms with van der Waals surface area (Å²) >= 11 is 0. The van der Waals surface area contributed by atoms with Crippen LogP contribution in [0.15, 0.2) is 30.6 Å². The lowest BCUT2D eigenvalue weighted by Crippen LogP contribution is -2.27. The van der Waals surface area contributed by atoms with Gasteiger partial charge >= 0.3 is 0 Å². The maximum atomic E-state index is 15.2. The Morgan fingerprint density at radius 2 is 2.09 bits per heavy atom. The minimum absolute atomic E-state index is 0.0157. The Hall–Kier alpha value is -3.29. The van der Waals surface area contributed by atoms with Crippen molar-refractivity contribution < 1.29 is 19.3 Å². The van der Waals surface area contributed by atoms with Crippen molar-refractivity contribution in [2.24, 2.45) is 5.92 Å². The minimum Gasteiger partial charge on any atom is -0.473 e. The third-order valence-electron chi connectivity index (χ3n) is 5.68. The molecule has 4 rings (SSSR count). The molecule has 9 nitrogen and oxygen atoms in total. The predicted octanol–water partition coefficient (Wildman–Crippen LogP) is 2.55. The molecule has 1 saturated carbocycles. The molecule has 0 saturated heterocycles. The van der Waals surface area contributed by atoms with Gasteiger partial charge in [-0.25, -0.2) is 9.50 Å². The smallest absolute Gasteiger partial charge is 0.256 e. The molecule has 0 aromatic carbocycles. The second kappa shape index (κ2) is 9.89. The Kier molecular flexibility index (Phi) is 6.78. The van der Waals surface area contributed by atoms with Crippen LogP contribution in [0, 0.1) is 23.1 Å². The molecule has 3 aromatic rings. The summed E-state index contributed by atoms with van der Waals surface area (Å²) in [6.07, 6.45) is 6.18. The molecule has 1 fully saturated rings. The number of fused-ring (bicyclic) bond motifs is 1. The second-order valence-corrected chi connectivity index (χ2v) is 7.98. The molecule has 10 heteroatoms. The number of aromatic nitrogens is 4. The van der Waals surface area contributed by atoms with E-state index in [1.807, 2.05) is 18.2 Å². The van der Waals surface area contributed by atoms with Crippen LogP contribution < -0.4 is 10.1 Å². The molecule has 0 spiro atoms. The first-order valence-electron chi connectivity index (χ1n) is 10.6. The monoisotopic (exact) mass is 440 g/mol. The van der Waals surface area contributed by atoms with Crippen LogP contribution in [0.2, 0.25) is 0 Å². The Morgan fingerprint density at radius 3 is 2.84 bits per heavy atom. The van der Waals surface area contributed by atoms with Crippen molar-refractivity contribution in [3.63, 3.8) is 0 Å². The van der Waals surface area contributed by atoms with Gasteiger partial charge in [-0.05, 0) is 43.7 Å². The van der Waals surface area contributed by atoms with Gasteiger partial charge in [-0.1, -0.05) is 6.07 Å². The van der Waals surface area contributed by atoms with E-state index in [2.05, 4.69) is 26.5 Å². The summed E-state index contributed by atoms with van der Waals surface area (Å²) in [6.45, 7) is -0.817. The number of hydrogen-bond acceptors (Lipinski definition) is 8. The molecule has 1 aliphatic carbocycles. The lowest BCUT2D eigenvalue weighted by molar-refractivity contribution is 0.0507. The van der Waals surface area contributed by atoms with E-state index in [4.69, 9.17) is 15.1 Å². The molecule has 1 aliphatic rings. The molecular weight excluding hydrogens is 415 g/mol. The number of pyridine rings is 1. The summed E-state index contributed by atoms with van der Waals surface area (Å²) in [5.41, 5.74) is 1.36. The molecule has 32 heavy (non-hydrogen) atoms. The summed E-state index contributed by atoms with van der Waals surface area (Å²) in [5.74, 6) is -0.432. The largest absolute Gasteiger partial charge is 0.473 e. The van der Waals surface area contributed by atoms with Crippen LogP contribution in [0.25, 0.3) is 16.9 Å². The fraction of sp³-hybridized carbons (Fsp3) is 0.455. The summed E-state index contributed by atoms with van der Waals surface area (Å²) < 4.78 is 22.2. The highest BCUT2D eigenvalue weighted by molar-refractivity contribution is 5.76. The van der Waals surface area contributed by atoms with Gasteiger partial charge in [0, 0.05) is 18.7 Å². The molecule has 0 radical (unpaired) electrons. The van der Waals surface area contributed by atoms with Gasteiger partial charge < -0.3 is 20.3 Å². The normalized spacial score (nSPS) is 19.4. The molecular formula is C22H25FN6O3. The first-order chi connectivity index (χ1) is 15.6. The van der Waals surface area contributed by atoms with Crippen molar-refractivity contribution in [3.8, 4) is 23.3 Å². The number of halogens is 1. The van der Waals surface area contributed by atoms with E-state index in [9.17, 15) is 5.11 Å². The topological polar surface area (TPSA) is 129 Å². The quantitative estimate of drug-likeness (QED) is 0.487. The maximum absolute atomic E-state index is 15.2. The number of nitrogens with zero attached hydrogens (tertiary/aromatic N) is 5. The second-order valence-electron chi connectivity index (χ2n) is 7.98. The van der Waals surface area contributed by atoms with Crippen LogP contribution in [0.5, 0.6) is 5.88 Å². The van der Waals surface area contributed by atoms with Crippen LogP contribution in [0.4, 0.5) is 10.2 Å². The molecule has 3 N–H and O–H groups in total. The third-order valence-corrected chi connectivity index (χ3v) is 5.68. The SMILES string of the molecule is N#CC[C@H]1CC[C@H](Nc2nc(-c3cnn4ccccc34)nc(OC[C@@H](O)CO)c2F)CC1. The molecule has 0 amide bonds. The fourth-order valence-corrected chi connectivity index (χ4v) is 3.91. The Morgan fingerprint density at radius 1 is 1.28 bits per heavy atom. The summed E-state index contributed by atoms with van der Waals surface area (Å²) in [4.78, 5) is 8.66. The third kappa shape index (κ3) is 4.79. The van der Waals surface area contributed by atoms with E-state index in [0.29, 0.717) is 17.9 Å². The molecule has 0 aliphatic heterocycles. The zero-order valence-corrected chi connectivity index (χ0v) is 17.5. The van der Waals surface area contributed by atoms with Crippen molar-refractivity contribution in [3.05, 3.63) is 36.4 Å². The van der Waals surface area contributed by atoms with Crippen molar-refractivity contribution in [1.29, 1.82) is 5.26 Å². The Bertz CT molecular complexity index is 1110. The number of rotatable bonds is 8. The molecule has 0 bridgehead atoms. The van der Waals surface area contributed by atoms with E-state index in [1.54, 1.807) is 16.9 Å². The number of aliphatic hydroxyl groups excluding tert-OH is 2. The molecule has 3 heterocycles. The van der Waals surface area contributed by atoms with Gasteiger partial charge in [-0.3, -0.25) is 0 Å². The lowest BCUT2D eigenvalue weighted by atomic mass is 9.84. The summed E-state index contributed by atoms with van der Waals surface area (Å²) in [7, 11) is 0. The molecule has 168 valence electrons. The van der Waals surface area contributed by atoms with Gasteiger partial charge in [0.2, 0.25) is 5.82 Å². The number of hydrogen-bond donors (Lipinski definition) is 3. The highest BCUT2D eigenvalue weighted by atomic mass is 19.1. The lowest BCUT2D eigenvalue weighted by Gasteiger charge is -2.28. The number of nitrogens with one attached hydrogen (secondary N) is 1. The average Bonchev–Trinajstić information content (AvgIpc) is 3.25. The number of aliphatic hydroxyl groups is 2. The van der Waals surface area contributed by atoms with Gasteiger partial charge in [0.15, 0.2) is 11.6 Å². The summed E-state index contributed by atoms with van der Waals surface area (Å²) in [5, 5.41) is 35.0. The van der Waals surface area contributed by atoms with Gasteiger partial charge in [-0.2, -0.15) is 19.7 Å². The minimum atomic E-state index is -1.16. The van der Waals surface area contributed by atoms with Crippen molar-refractivity contribution in [2.75, 3.05) is 18.5 Å². The van der Waals surface area contributed by atoms with Gasteiger partial charge in [-0.15, -0.1) is 0 Å². The van der Waals surface area contributed by atoms with Crippen LogP contribution in [0.3, 0.4) is 0 Å². The molecule has 1 atom stereocenters. The van der Waals surface area contributed by atoms with Crippen LogP contribution in [-0.4, -0.2) is 55.2 Å². The van der Waals surface area contributed by atoms with E-state index >= 15 is 4.39 Å². The number of ether oxygens (including phenoxy) is 1.